The molecule has 0 radical (unpaired) electrons. The van der Waals surface area contributed by atoms with Crippen LogP contribution < -0.4 is 0 Å². The van der Waals surface area contributed by atoms with Gasteiger partial charge in [0.25, 0.3) is 5.79 Å². The topological polar surface area (TPSA) is 55.8 Å². The van der Waals surface area contributed by atoms with Crippen LogP contribution in [-0.2, 0) is 14.3 Å². The Morgan fingerprint density at radius 1 is 1.65 bits per heavy atom. The highest BCUT2D eigenvalue weighted by atomic mass is 127. The normalized spacial score (nSPS) is 33.8. The predicted octanol–water partition coefficient (Wildman–Crippen LogP) is 1.64. The summed E-state index contributed by atoms with van der Waals surface area (Å²) < 4.78 is 47.5. The van der Waals surface area contributed by atoms with Crippen molar-refractivity contribution in [3.8, 4) is 0 Å². The molecule has 0 aromatic carbocycles. The number of carbonyl (C=O) groups excluding carboxylic acids is 1. The van der Waals surface area contributed by atoms with Gasteiger partial charge in [-0.25, -0.2) is 0 Å². The number of hydrogen-bond donors (Lipinski definition) is 1. The van der Waals surface area contributed by atoms with E-state index in [1.165, 1.54) is 6.92 Å². The standard InChI is InChI=1S/C9H12F3IO4/c1-2-16-7(14)6-3-5(4-13)17-8(6,15)9(10,11)12/h5-6,15H,2-4H2,1H3/t5-,6+,8-/m1/s1. The van der Waals surface area contributed by atoms with E-state index in [0.717, 1.165) is 0 Å². The quantitative estimate of drug-likeness (QED) is 0.468. The molecule has 3 atom stereocenters. The lowest BCUT2D eigenvalue weighted by molar-refractivity contribution is -0.367. The summed E-state index contributed by atoms with van der Waals surface area (Å²) in [6, 6.07) is 0. The molecule has 1 N–H and O–H groups in total. The van der Waals surface area contributed by atoms with Crippen LogP contribution in [0.3, 0.4) is 0 Å². The minimum Gasteiger partial charge on any atom is -0.466 e. The number of aliphatic hydroxyl groups is 1. The molecule has 1 fully saturated rings. The largest absolute Gasteiger partial charge is 0.466 e. The minimum absolute atomic E-state index is 0.0435. The molecule has 0 unspecified atom stereocenters. The zero-order valence-corrected chi connectivity index (χ0v) is 11.1. The molecular weight excluding hydrogens is 356 g/mol. The fourth-order valence-corrected chi connectivity index (χ4v) is 2.20. The van der Waals surface area contributed by atoms with Crippen molar-refractivity contribution in [2.24, 2.45) is 5.92 Å². The van der Waals surface area contributed by atoms with Crippen LogP contribution in [0.5, 0.6) is 0 Å². The summed E-state index contributed by atoms with van der Waals surface area (Å²) in [7, 11) is 0. The Hall–Kier alpha value is -0.0900. The van der Waals surface area contributed by atoms with Crippen molar-refractivity contribution < 1.29 is 32.5 Å². The Labute approximate surface area is 110 Å². The highest BCUT2D eigenvalue weighted by Crippen LogP contribution is 2.46. The van der Waals surface area contributed by atoms with E-state index in [-0.39, 0.29) is 17.5 Å². The van der Waals surface area contributed by atoms with Gasteiger partial charge in [0.2, 0.25) is 0 Å². The van der Waals surface area contributed by atoms with Gasteiger partial charge in [0.15, 0.2) is 0 Å². The molecule has 4 nitrogen and oxygen atoms in total. The first-order valence-corrected chi connectivity index (χ1v) is 6.48. The Morgan fingerprint density at radius 2 is 2.24 bits per heavy atom. The second kappa shape index (κ2) is 5.27. The smallest absolute Gasteiger partial charge is 0.444 e. The number of esters is 1. The third-order valence-electron chi connectivity index (χ3n) is 2.47. The van der Waals surface area contributed by atoms with Crippen LogP contribution in [-0.4, -0.2) is 40.2 Å². The highest BCUT2D eigenvalue weighted by Gasteiger charge is 2.67. The van der Waals surface area contributed by atoms with Gasteiger partial charge in [-0.2, -0.15) is 13.2 Å². The first-order chi connectivity index (χ1) is 7.76. The van der Waals surface area contributed by atoms with E-state index < -0.39 is 30.0 Å². The molecular formula is C9H12F3IO4. The summed E-state index contributed by atoms with van der Waals surface area (Å²) in [5.41, 5.74) is 0. The maximum Gasteiger partial charge on any atom is 0.444 e. The van der Waals surface area contributed by atoms with Crippen LogP contribution in [0.2, 0.25) is 0 Å². The summed E-state index contributed by atoms with van der Waals surface area (Å²) in [6.45, 7) is 1.44. The van der Waals surface area contributed by atoms with Gasteiger partial charge in [-0.05, 0) is 13.3 Å². The molecule has 0 spiro atoms. The fraction of sp³-hybridized carbons (Fsp3) is 0.889. The lowest BCUT2D eigenvalue weighted by atomic mass is 9.96. The first-order valence-electron chi connectivity index (χ1n) is 4.95. The van der Waals surface area contributed by atoms with Gasteiger partial charge in [0, 0.05) is 4.43 Å². The summed E-state index contributed by atoms with van der Waals surface area (Å²) >= 11 is 1.83. The van der Waals surface area contributed by atoms with E-state index in [9.17, 15) is 23.1 Å². The molecule has 1 aliphatic heterocycles. The van der Waals surface area contributed by atoms with E-state index >= 15 is 0 Å². The molecule has 0 saturated carbocycles. The van der Waals surface area contributed by atoms with Gasteiger partial charge >= 0.3 is 12.1 Å². The number of carbonyl (C=O) groups is 1. The van der Waals surface area contributed by atoms with Gasteiger partial charge in [-0.1, -0.05) is 22.6 Å². The van der Waals surface area contributed by atoms with Crippen LogP contribution in [0.1, 0.15) is 13.3 Å². The minimum atomic E-state index is -5.02. The van der Waals surface area contributed by atoms with Crippen molar-refractivity contribution in [3.05, 3.63) is 0 Å². The summed E-state index contributed by atoms with van der Waals surface area (Å²) in [6.07, 6.45) is -6.03. The molecule has 1 rings (SSSR count). The second-order valence-electron chi connectivity index (χ2n) is 3.63. The van der Waals surface area contributed by atoms with Gasteiger partial charge in [0.05, 0.1) is 12.7 Å². The number of ether oxygens (including phenoxy) is 2. The molecule has 8 heteroatoms. The van der Waals surface area contributed by atoms with E-state index in [0.29, 0.717) is 0 Å². The maximum absolute atomic E-state index is 12.7. The lowest BCUT2D eigenvalue weighted by Gasteiger charge is -2.29. The number of hydrogen-bond acceptors (Lipinski definition) is 4. The van der Waals surface area contributed by atoms with Crippen LogP contribution in [0.4, 0.5) is 13.2 Å². The van der Waals surface area contributed by atoms with Crippen LogP contribution in [0.25, 0.3) is 0 Å². The van der Waals surface area contributed by atoms with E-state index in [1.54, 1.807) is 0 Å². The molecule has 0 aromatic rings. The van der Waals surface area contributed by atoms with E-state index in [1.807, 2.05) is 22.6 Å². The van der Waals surface area contributed by atoms with Crippen molar-refractivity contribution >= 4 is 28.6 Å². The van der Waals surface area contributed by atoms with Crippen molar-refractivity contribution in [1.29, 1.82) is 0 Å². The van der Waals surface area contributed by atoms with Crippen LogP contribution in [0, 0.1) is 5.92 Å². The molecule has 17 heavy (non-hydrogen) atoms. The van der Waals surface area contributed by atoms with E-state index in [2.05, 4.69) is 9.47 Å². The molecule has 0 amide bonds. The average molecular weight is 368 g/mol. The predicted molar refractivity (Wildman–Crippen MR) is 59.5 cm³/mol. The monoisotopic (exact) mass is 368 g/mol. The van der Waals surface area contributed by atoms with Gasteiger partial charge < -0.3 is 14.6 Å². The Kier molecular flexibility index (Phi) is 4.64. The van der Waals surface area contributed by atoms with Crippen LogP contribution in [0.15, 0.2) is 0 Å². The molecule has 0 aliphatic carbocycles. The number of alkyl halides is 4. The third kappa shape index (κ3) is 2.84. The van der Waals surface area contributed by atoms with Crippen molar-refractivity contribution in [3.63, 3.8) is 0 Å². The third-order valence-corrected chi connectivity index (χ3v) is 3.45. The fourth-order valence-electron chi connectivity index (χ4n) is 1.66. The molecule has 1 heterocycles. The lowest BCUT2D eigenvalue weighted by Crippen LogP contribution is -2.52. The summed E-state index contributed by atoms with van der Waals surface area (Å²) in [4.78, 5) is 11.4. The second-order valence-corrected chi connectivity index (χ2v) is 4.51. The van der Waals surface area contributed by atoms with Crippen molar-refractivity contribution in [2.45, 2.75) is 31.4 Å². The van der Waals surface area contributed by atoms with E-state index in [4.69, 9.17) is 0 Å². The molecule has 0 bridgehead atoms. The first kappa shape index (κ1) is 15.0. The van der Waals surface area contributed by atoms with Gasteiger partial charge in [-0.15, -0.1) is 0 Å². The zero-order valence-electron chi connectivity index (χ0n) is 8.96. The van der Waals surface area contributed by atoms with Crippen molar-refractivity contribution in [2.75, 3.05) is 11.0 Å². The number of rotatable bonds is 3. The average Bonchev–Trinajstić information content (AvgIpc) is 2.56. The maximum atomic E-state index is 12.7. The van der Waals surface area contributed by atoms with Crippen LogP contribution >= 0.6 is 22.6 Å². The highest BCUT2D eigenvalue weighted by molar-refractivity contribution is 14.1. The molecule has 1 aliphatic rings. The molecule has 0 aromatic heterocycles. The summed E-state index contributed by atoms with van der Waals surface area (Å²) in [5, 5.41) is 9.53. The zero-order chi connectivity index (χ0) is 13.3. The Bertz CT molecular complexity index is 296. The van der Waals surface area contributed by atoms with Gasteiger partial charge in [0.1, 0.15) is 5.92 Å². The summed E-state index contributed by atoms with van der Waals surface area (Å²) in [5.74, 6) is -6.24. The Morgan fingerprint density at radius 3 is 2.65 bits per heavy atom. The number of halogens is 4. The Balaban J connectivity index is 2.96. The molecule has 100 valence electrons. The SMILES string of the molecule is CCOC(=O)[C@@H]1C[C@H](CI)O[C@@]1(O)C(F)(F)F. The van der Waals surface area contributed by atoms with Crippen molar-refractivity contribution in [1.82, 2.24) is 0 Å². The molecule has 1 saturated heterocycles. The van der Waals surface area contributed by atoms with Gasteiger partial charge in [-0.3, -0.25) is 4.79 Å².